The van der Waals surface area contributed by atoms with E-state index in [4.69, 9.17) is 0 Å². The molecule has 0 aliphatic heterocycles. The fourth-order valence-electron chi connectivity index (χ4n) is 7.90. The third-order valence-electron chi connectivity index (χ3n) is 9.05. The van der Waals surface area contributed by atoms with Crippen LogP contribution in [-0.2, 0) is 10.8 Å². The molecule has 186 valence electrons. The number of rotatable bonds is 4. The molecule has 0 amide bonds. The van der Waals surface area contributed by atoms with Gasteiger partial charge in [0.05, 0.1) is 10.8 Å². The second-order valence-electron chi connectivity index (χ2n) is 10.4. The average molecular weight is 499 g/mol. The normalized spacial score (nSPS) is 19.7. The Balaban J connectivity index is 1.76. The maximum atomic E-state index is 4.48. The average Bonchev–Trinajstić information content (AvgIpc) is 3.44. The van der Waals surface area contributed by atoms with E-state index >= 15 is 0 Å². The second-order valence-corrected chi connectivity index (χ2v) is 10.4. The van der Waals surface area contributed by atoms with Gasteiger partial charge in [0.2, 0.25) is 0 Å². The maximum Gasteiger partial charge on any atom is 0.0719 e. The molecule has 0 bridgehead atoms. The summed E-state index contributed by atoms with van der Waals surface area (Å²) in [5.41, 5.74) is 13.9. The van der Waals surface area contributed by atoms with Gasteiger partial charge in [-0.3, -0.25) is 0 Å². The van der Waals surface area contributed by atoms with Crippen LogP contribution in [0.3, 0.4) is 0 Å². The first kappa shape index (κ1) is 23.4. The van der Waals surface area contributed by atoms with E-state index in [0.717, 1.165) is 0 Å². The SMILES string of the molecule is C=CC1=C(/C=C\C)c2ccccc2C12C(C=C)=C(C=C)C1(c3ccccc3-c3ccccc31)c1ccccc12. The van der Waals surface area contributed by atoms with Gasteiger partial charge in [-0.2, -0.15) is 0 Å². The van der Waals surface area contributed by atoms with Crippen molar-refractivity contribution in [2.24, 2.45) is 0 Å². The Kier molecular flexibility index (Phi) is 5.06. The summed E-state index contributed by atoms with van der Waals surface area (Å²) in [4.78, 5) is 0. The van der Waals surface area contributed by atoms with Crippen LogP contribution in [0, 0.1) is 0 Å². The lowest BCUT2D eigenvalue weighted by atomic mass is 9.52. The van der Waals surface area contributed by atoms with E-state index < -0.39 is 10.8 Å². The molecule has 0 radical (unpaired) electrons. The van der Waals surface area contributed by atoms with Crippen LogP contribution in [0.1, 0.15) is 40.3 Å². The molecule has 39 heavy (non-hydrogen) atoms. The van der Waals surface area contributed by atoms with Gasteiger partial charge in [-0.05, 0) is 73.7 Å². The molecule has 1 atom stereocenters. The second kappa shape index (κ2) is 8.41. The van der Waals surface area contributed by atoms with Crippen molar-refractivity contribution in [3.8, 4) is 11.1 Å². The van der Waals surface area contributed by atoms with Gasteiger partial charge < -0.3 is 0 Å². The molecular weight excluding hydrogens is 468 g/mol. The van der Waals surface area contributed by atoms with Gasteiger partial charge in [-0.1, -0.05) is 147 Å². The predicted molar refractivity (Wildman–Crippen MR) is 165 cm³/mol. The van der Waals surface area contributed by atoms with Gasteiger partial charge in [0.1, 0.15) is 0 Å². The summed E-state index contributed by atoms with van der Waals surface area (Å²) in [7, 11) is 0. The minimum atomic E-state index is -0.549. The number of allylic oxidation sites excluding steroid dienone is 9. The van der Waals surface area contributed by atoms with E-state index in [1.807, 2.05) is 0 Å². The number of fused-ring (bicyclic) bond motifs is 10. The first-order chi connectivity index (χ1) is 19.2. The lowest BCUT2D eigenvalue weighted by Gasteiger charge is -2.49. The minimum absolute atomic E-state index is 0.495. The third kappa shape index (κ3) is 2.59. The molecule has 7 rings (SSSR count). The monoisotopic (exact) mass is 498 g/mol. The van der Waals surface area contributed by atoms with Crippen LogP contribution in [-0.4, -0.2) is 0 Å². The van der Waals surface area contributed by atoms with Crippen LogP contribution < -0.4 is 0 Å². The standard InChI is InChI=1S/C39H30/c1-5-17-26-27-18-9-12-21-33(27)38(30(26)6-2)31(7-3)32(8-4)39(37-25-16-15-24-36(37)38)34-22-13-10-19-28(34)29-20-11-14-23-35(29)39/h5-25H,2-4H2,1H3/b17-5-. The Labute approximate surface area is 231 Å². The zero-order chi connectivity index (χ0) is 26.8. The highest BCUT2D eigenvalue weighted by atomic mass is 14.6. The van der Waals surface area contributed by atoms with Crippen molar-refractivity contribution in [2.45, 2.75) is 17.8 Å². The third-order valence-corrected chi connectivity index (χ3v) is 9.05. The van der Waals surface area contributed by atoms with Crippen molar-refractivity contribution in [1.82, 2.24) is 0 Å². The number of hydrogen-bond donors (Lipinski definition) is 0. The van der Waals surface area contributed by atoms with E-state index in [1.165, 1.54) is 66.8 Å². The smallest absolute Gasteiger partial charge is 0.0719 e. The maximum absolute atomic E-state index is 4.48. The molecule has 1 unspecified atom stereocenters. The Morgan fingerprint density at radius 2 is 0.846 bits per heavy atom. The number of benzene rings is 4. The van der Waals surface area contributed by atoms with Crippen molar-refractivity contribution in [2.75, 3.05) is 0 Å². The summed E-state index contributed by atoms with van der Waals surface area (Å²) in [6.07, 6.45) is 10.6. The molecule has 0 aromatic heterocycles. The zero-order valence-corrected chi connectivity index (χ0v) is 22.2. The highest BCUT2D eigenvalue weighted by Gasteiger charge is 2.58. The molecular formula is C39H30. The Bertz CT molecular complexity index is 1770. The van der Waals surface area contributed by atoms with Crippen molar-refractivity contribution in [3.05, 3.63) is 197 Å². The first-order valence-corrected chi connectivity index (χ1v) is 13.6. The largest absolute Gasteiger partial charge is 0.0987 e. The molecule has 0 nitrogen and oxygen atoms in total. The summed E-state index contributed by atoms with van der Waals surface area (Å²) < 4.78 is 0. The lowest BCUT2D eigenvalue weighted by Crippen LogP contribution is -2.43. The van der Waals surface area contributed by atoms with Gasteiger partial charge >= 0.3 is 0 Å². The summed E-state index contributed by atoms with van der Waals surface area (Å²) in [5.74, 6) is 0. The van der Waals surface area contributed by atoms with Gasteiger partial charge in [0.25, 0.3) is 0 Å². The zero-order valence-electron chi connectivity index (χ0n) is 22.2. The van der Waals surface area contributed by atoms with Crippen molar-refractivity contribution < 1.29 is 0 Å². The fraction of sp³-hybridized carbons (Fsp3) is 0.0769. The lowest BCUT2D eigenvalue weighted by molar-refractivity contribution is 0.634. The quantitative estimate of drug-likeness (QED) is 0.263. The highest BCUT2D eigenvalue weighted by molar-refractivity contribution is 5.96. The van der Waals surface area contributed by atoms with Gasteiger partial charge in [0, 0.05) is 0 Å². The molecule has 0 saturated carbocycles. The van der Waals surface area contributed by atoms with Crippen molar-refractivity contribution in [1.29, 1.82) is 0 Å². The molecule has 0 heterocycles. The van der Waals surface area contributed by atoms with Gasteiger partial charge in [0.15, 0.2) is 0 Å². The van der Waals surface area contributed by atoms with Crippen molar-refractivity contribution in [3.63, 3.8) is 0 Å². The van der Waals surface area contributed by atoms with Gasteiger partial charge in [-0.25, -0.2) is 0 Å². The number of hydrogen-bond acceptors (Lipinski definition) is 0. The first-order valence-electron chi connectivity index (χ1n) is 13.6. The highest BCUT2D eigenvalue weighted by Crippen LogP contribution is 2.67. The van der Waals surface area contributed by atoms with E-state index in [1.54, 1.807) is 0 Å². The molecule has 4 aromatic carbocycles. The molecule has 0 heteroatoms. The molecule has 4 aromatic rings. The van der Waals surface area contributed by atoms with Crippen LogP contribution in [0.2, 0.25) is 0 Å². The van der Waals surface area contributed by atoms with Crippen LogP contribution >= 0.6 is 0 Å². The topological polar surface area (TPSA) is 0 Å². The molecule has 0 saturated heterocycles. The van der Waals surface area contributed by atoms with Crippen LogP contribution in [0.15, 0.2) is 164 Å². The molecule has 0 fully saturated rings. The predicted octanol–water partition coefficient (Wildman–Crippen LogP) is 9.50. The van der Waals surface area contributed by atoms with E-state index in [0.29, 0.717) is 0 Å². The summed E-state index contributed by atoms with van der Waals surface area (Å²) in [6.45, 7) is 15.4. The summed E-state index contributed by atoms with van der Waals surface area (Å²) in [6, 6.07) is 35.6. The van der Waals surface area contributed by atoms with Gasteiger partial charge in [-0.15, -0.1) is 0 Å². The van der Waals surface area contributed by atoms with Crippen LogP contribution in [0.5, 0.6) is 0 Å². The van der Waals surface area contributed by atoms with E-state index in [2.05, 4.69) is 154 Å². The molecule has 2 spiro atoms. The Hall–Kier alpha value is -4.68. The summed E-state index contributed by atoms with van der Waals surface area (Å²) in [5, 5.41) is 0. The Morgan fingerprint density at radius 1 is 0.462 bits per heavy atom. The molecule has 0 N–H and O–H groups in total. The molecule has 3 aliphatic rings. The van der Waals surface area contributed by atoms with Crippen LogP contribution in [0.25, 0.3) is 16.7 Å². The van der Waals surface area contributed by atoms with Crippen LogP contribution in [0.4, 0.5) is 0 Å². The van der Waals surface area contributed by atoms with Crippen molar-refractivity contribution >= 4 is 5.57 Å². The minimum Gasteiger partial charge on any atom is -0.0987 e. The fourth-order valence-corrected chi connectivity index (χ4v) is 7.90. The summed E-state index contributed by atoms with van der Waals surface area (Å²) >= 11 is 0. The molecule has 3 aliphatic carbocycles. The Morgan fingerprint density at radius 3 is 1.33 bits per heavy atom. The van der Waals surface area contributed by atoms with E-state index in [-0.39, 0.29) is 0 Å². The van der Waals surface area contributed by atoms with E-state index in [9.17, 15) is 0 Å².